The summed E-state index contributed by atoms with van der Waals surface area (Å²) in [6, 6.07) is 9.82. The van der Waals surface area contributed by atoms with Gasteiger partial charge < -0.3 is 15.4 Å². The van der Waals surface area contributed by atoms with Crippen LogP contribution < -0.4 is 20.1 Å². The molecule has 13 heteroatoms. The maximum Gasteiger partial charge on any atom is 0.321 e. The summed E-state index contributed by atoms with van der Waals surface area (Å²) in [7, 11) is -3.48. The van der Waals surface area contributed by atoms with Gasteiger partial charge in [-0.25, -0.2) is 17.8 Å². The van der Waals surface area contributed by atoms with Crippen molar-refractivity contribution in [3.63, 3.8) is 0 Å². The summed E-state index contributed by atoms with van der Waals surface area (Å²) in [4.78, 5) is 9.05. The molecule has 0 spiro atoms. The van der Waals surface area contributed by atoms with Gasteiger partial charge in [0.05, 0.1) is 17.6 Å². The zero-order valence-electron chi connectivity index (χ0n) is 20.8. The van der Waals surface area contributed by atoms with E-state index in [9.17, 15) is 8.42 Å². The van der Waals surface area contributed by atoms with Gasteiger partial charge in [0.25, 0.3) is 0 Å². The van der Waals surface area contributed by atoms with Gasteiger partial charge in [0.15, 0.2) is 5.65 Å². The fourth-order valence-corrected chi connectivity index (χ4v) is 5.37. The molecule has 1 aliphatic rings. The van der Waals surface area contributed by atoms with E-state index in [1.807, 2.05) is 41.2 Å². The van der Waals surface area contributed by atoms with E-state index >= 15 is 0 Å². The van der Waals surface area contributed by atoms with Crippen molar-refractivity contribution in [2.45, 2.75) is 38.8 Å². The third-order valence-corrected chi connectivity index (χ3v) is 7.56. The molecule has 1 fully saturated rings. The van der Waals surface area contributed by atoms with Crippen molar-refractivity contribution in [1.82, 2.24) is 39.4 Å². The zero-order chi connectivity index (χ0) is 25.8. The lowest BCUT2D eigenvalue weighted by Crippen LogP contribution is -2.38. The Morgan fingerprint density at radius 1 is 1.19 bits per heavy atom. The molecule has 1 atom stereocenters. The lowest BCUT2D eigenvalue weighted by atomic mass is 10.1. The van der Waals surface area contributed by atoms with Crippen LogP contribution in [0.4, 0.5) is 5.95 Å². The van der Waals surface area contributed by atoms with Crippen molar-refractivity contribution < 1.29 is 13.2 Å². The third-order valence-electron chi connectivity index (χ3n) is 6.17. The third kappa shape index (κ3) is 5.89. The highest BCUT2D eigenvalue weighted by Gasteiger charge is 2.22. The minimum Gasteiger partial charge on any atom is -0.462 e. The number of para-hydroxylation sites is 1. The van der Waals surface area contributed by atoms with Crippen molar-refractivity contribution in [1.29, 1.82) is 0 Å². The Labute approximate surface area is 215 Å². The van der Waals surface area contributed by atoms with Gasteiger partial charge in [0, 0.05) is 37.1 Å². The minimum absolute atomic E-state index is 0.0711. The molecule has 3 aromatic heterocycles. The maximum atomic E-state index is 12.5. The van der Waals surface area contributed by atoms with Gasteiger partial charge in [0.2, 0.25) is 16.0 Å². The summed E-state index contributed by atoms with van der Waals surface area (Å²) in [5, 5.41) is 15.3. The molecule has 4 aromatic rings. The normalized spacial score (nSPS) is 16.0. The number of hydrogen-bond donors (Lipinski definition) is 3. The molecular formula is C24H31N9O3S. The molecule has 0 radical (unpaired) electrons. The van der Waals surface area contributed by atoms with Gasteiger partial charge in [0.1, 0.15) is 6.61 Å². The molecule has 0 amide bonds. The predicted octanol–water partition coefficient (Wildman–Crippen LogP) is 1.71. The zero-order valence-corrected chi connectivity index (χ0v) is 21.6. The first kappa shape index (κ1) is 25.1. The Balaban J connectivity index is 1.35. The first-order chi connectivity index (χ1) is 17.9. The van der Waals surface area contributed by atoms with Gasteiger partial charge in [-0.05, 0) is 36.6 Å². The Hall–Kier alpha value is -3.55. The van der Waals surface area contributed by atoms with Crippen LogP contribution in [-0.4, -0.2) is 69.3 Å². The number of rotatable bonds is 11. The molecule has 1 unspecified atom stereocenters. The van der Waals surface area contributed by atoms with Crippen molar-refractivity contribution in [3.05, 3.63) is 60.0 Å². The molecule has 4 heterocycles. The summed E-state index contributed by atoms with van der Waals surface area (Å²) in [5.41, 5.74) is 3.51. The van der Waals surface area contributed by atoms with Crippen LogP contribution in [0.25, 0.3) is 11.3 Å². The molecule has 1 aliphatic heterocycles. The first-order valence-electron chi connectivity index (χ1n) is 12.3. The number of aromatic nitrogens is 6. The number of nitrogens with one attached hydrogen (secondary N) is 3. The average Bonchev–Trinajstić information content (AvgIpc) is 3.64. The van der Waals surface area contributed by atoms with Crippen molar-refractivity contribution in [2.24, 2.45) is 0 Å². The van der Waals surface area contributed by atoms with Crippen LogP contribution >= 0.6 is 0 Å². The molecule has 1 saturated heterocycles. The van der Waals surface area contributed by atoms with Crippen LogP contribution in [0.15, 0.2) is 48.9 Å². The summed E-state index contributed by atoms with van der Waals surface area (Å²) >= 11 is 0. The van der Waals surface area contributed by atoms with Gasteiger partial charge in [-0.1, -0.05) is 32.0 Å². The highest BCUT2D eigenvalue weighted by Crippen LogP contribution is 2.23. The standard InChI is InChI=1S/C24H31N9O3S/c1-17(2)20-16-28-33-22(20)29-24(36-12-13-37(34,35)31-19-8-10-25-15-19)30-23(33)26-14-18-6-3-4-7-21(18)32-11-5-9-27-32/h3-7,9,11,16-17,19,25,31H,8,10,12-15H2,1-2H3,(H,26,29,30). The maximum absolute atomic E-state index is 12.5. The monoisotopic (exact) mass is 525 g/mol. The number of ether oxygens (including phenoxy) is 1. The van der Waals surface area contributed by atoms with E-state index in [4.69, 9.17) is 4.74 Å². The second-order valence-electron chi connectivity index (χ2n) is 9.23. The molecule has 3 N–H and O–H groups in total. The van der Waals surface area contributed by atoms with Crippen LogP contribution in [0.5, 0.6) is 6.01 Å². The van der Waals surface area contributed by atoms with E-state index in [-0.39, 0.29) is 30.3 Å². The van der Waals surface area contributed by atoms with Crippen LogP contribution in [0.3, 0.4) is 0 Å². The fraction of sp³-hybridized carbons (Fsp3) is 0.417. The van der Waals surface area contributed by atoms with Crippen LogP contribution in [0.2, 0.25) is 0 Å². The van der Waals surface area contributed by atoms with Gasteiger partial charge in [-0.15, -0.1) is 0 Å². The van der Waals surface area contributed by atoms with Gasteiger partial charge >= 0.3 is 6.01 Å². The molecule has 0 saturated carbocycles. The van der Waals surface area contributed by atoms with Crippen LogP contribution in [0.1, 0.15) is 37.3 Å². The summed E-state index contributed by atoms with van der Waals surface area (Å²) in [6.07, 6.45) is 6.17. The molecule has 196 valence electrons. The Morgan fingerprint density at radius 3 is 2.81 bits per heavy atom. The minimum atomic E-state index is -3.48. The number of sulfonamides is 1. The summed E-state index contributed by atoms with van der Waals surface area (Å²) in [5.74, 6) is 0.437. The number of nitrogens with zero attached hydrogens (tertiary/aromatic N) is 6. The van der Waals surface area contributed by atoms with Gasteiger partial charge in [-0.2, -0.15) is 24.7 Å². The lowest BCUT2D eigenvalue weighted by molar-refractivity contribution is 0.313. The van der Waals surface area contributed by atoms with E-state index in [1.54, 1.807) is 16.9 Å². The Morgan fingerprint density at radius 2 is 2.05 bits per heavy atom. The van der Waals surface area contributed by atoms with Crippen molar-refractivity contribution in [2.75, 3.05) is 30.8 Å². The SMILES string of the molecule is CC(C)c1cnn2c(NCc3ccccc3-n3cccn3)nc(OCCS(=O)(=O)NC3CCNC3)nc12. The molecule has 12 nitrogen and oxygen atoms in total. The molecular weight excluding hydrogens is 494 g/mol. The highest BCUT2D eigenvalue weighted by molar-refractivity contribution is 7.89. The Bertz CT molecular complexity index is 1450. The second-order valence-corrected chi connectivity index (χ2v) is 11.1. The number of fused-ring (bicyclic) bond motifs is 1. The summed E-state index contributed by atoms with van der Waals surface area (Å²) in [6.45, 7) is 5.94. The highest BCUT2D eigenvalue weighted by atomic mass is 32.2. The topological polar surface area (TPSA) is 140 Å². The van der Waals surface area contributed by atoms with E-state index in [2.05, 4.69) is 49.4 Å². The average molecular weight is 526 g/mol. The van der Waals surface area contributed by atoms with Crippen molar-refractivity contribution in [3.8, 4) is 11.7 Å². The lowest BCUT2D eigenvalue weighted by Gasteiger charge is -2.14. The fourth-order valence-electron chi connectivity index (χ4n) is 4.24. The first-order valence-corrected chi connectivity index (χ1v) is 14.0. The predicted molar refractivity (Wildman–Crippen MR) is 139 cm³/mol. The van der Waals surface area contributed by atoms with E-state index in [1.165, 1.54) is 0 Å². The largest absolute Gasteiger partial charge is 0.462 e. The van der Waals surface area contributed by atoms with Crippen LogP contribution in [-0.2, 0) is 16.6 Å². The van der Waals surface area contributed by atoms with Crippen LogP contribution in [0, 0.1) is 0 Å². The van der Waals surface area contributed by atoms with Crippen molar-refractivity contribution >= 4 is 21.6 Å². The quantitative estimate of drug-likeness (QED) is 0.267. The number of benzene rings is 1. The molecule has 0 aliphatic carbocycles. The molecule has 37 heavy (non-hydrogen) atoms. The van der Waals surface area contributed by atoms with Gasteiger partial charge in [-0.3, -0.25) is 0 Å². The Kier molecular flexibility index (Phi) is 7.35. The van der Waals surface area contributed by atoms with E-state index in [0.717, 1.165) is 29.8 Å². The second kappa shape index (κ2) is 10.8. The summed E-state index contributed by atoms with van der Waals surface area (Å²) < 4.78 is 36.8. The number of hydrogen-bond acceptors (Lipinski definition) is 9. The molecule has 1 aromatic carbocycles. The van der Waals surface area contributed by atoms with E-state index in [0.29, 0.717) is 24.7 Å². The van der Waals surface area contributed by atoms with E-state index < -0.39 is 10.0 Å². The smallest absolute Gasteiger partial charge is 0.321 e. The number of anilines is 1. The molecule has 5 rings (SSSR count). The molecule has 0 bridgehead atoms.